The summed E-state index contributed by atoms with van der Waals surface area (Å²) in [5.74, 6) is -0.476. The monoisotopic (exact) mass is 394 g/mol. The van der Waals surface area contributed by atoms with Gasteiger partial charge in [0.15, 0.2) is 0 Å². The molecule has 0 aromatic heterocycles. The number of halogens is 1. The summed E-state index contributed by atoms with van der Waals surface area (Å²) in [5.41, 5.74) is 0.636. The van der Waals surface area contributed by atoms with E-state index in [1.165, 1.54) is 12.8 Å². The van der Waals surface area contributed by atoms with E-state index < -0.39 is 5.41 Å². The molecule has 5 heteroatoms. The van der Waals surface area contributed by atoms with Crippen LogP contribution in [0.4, 0.5) is 5.69 Å². The molecule has 0 radical (unpaired) electrons. The number of rotatable bonds is 4. The van der Waals surface area contributed by atoms with Crippen LogP contribution in [0.2, 0.25) is 0 Å². The van der Waals surface area contributed by atoms with Gasteiger partial charge in [0.1, 0.15) is 5.41 Å². The van der Waals surface area contributed by atoms with Crippen molar-refractivity contribution >= 4 is 33.4 Å². The van der Waals surface area contributed by atoms with E-state index in [1.54, 1.807) is 13.8 Å². The lowest BCUT2D eigenvalue weighted by atomic mass is 9.90. The van der Waals surface area contributed by atoms with Crippen LogP contribution in [0.15, 0.2) is 22.7 Å². The molecule has 24 heavy (non-hydrogen) atoms. The summed E-state index contributed by atoms with van der Waals surface area (Å²) in [6, 6.07) is 5.81. The maximum atomic E-state index is 12.6. The van der Waals surface area contributed by atoms with Crippen molar-refractivity contribution in [2.24, 2.45) is 5.41 Å². The van der Waals surface area contributed by atoms with Crippen LogP contribution in [0.25, 0.3) is 0 Å². The molecule has 0 unspecified atom stereocenters. The summed E-state index contributed by atoms with van der Waals surface area (Å²) in [5, 5.41) is 5.94. The Kier molecular flexibility index (Phi) is 6.44. The fourth-order valence-corrected chi connectivity index (χ4v) is 3.15. The smallest absolute Gasteiger partial charge is 0.239 e. The molecule has 0 saturated heterocycles. The third-order valence-electron chi connectivity index (χ3n) is 4.74. The second-order valence-corrected chi connectivity index (χ2v) is 8.06. The van der Waals surface area contributed by atoms with Gasteiger partial charge in [-0.3, -0.25) is 9.59 Å². The molecule has 1 aliphatic carbocycles. The van der Waals surface area contributed by atoms with Gasteiger partial charge in [0.2, 0.25) is 11.8 Å². The normalized spacial score (nSPS) is 16.3. The third-order valence-corrected chi connectivity index (χ3v) is 5.63. The number of hydrogen-bond donors (Lipinski definition) is 2. The van der Waals surface area contributed by atoms with E-state index in [4.69, 9.17) is 0 Å². The Labute approximate surface area is 152 Å². The quantitative estimate of drug-likeness (QED) is 0.580. The maximum absolute atomic E-state index is 12.6. The lowest BCUT2D eigenvalue weighted by Crippen LogP contribution is -2.48. The van der Waals surface area contributed by atoms with Gasteiger partial charge in [0, 0.05) is 16.2 Å². The summed E-state index contributed by atoms with van der Waals surface area (Å²) in [6.45, 7) is 5.32. The van der Waals surface area contributed by atoms with E-state index in [1.807, 2.05) is 25.1 Å². The van der Waals surface area contributed by atoms with Crippen LogP contribution < -0.4 is 10.6 Å². The highest BCUT2D eigenvalue weighted by Gasteiger charge is 2.37. The Hall–Kier alpha value is -1.36. The average Bonchev–Trinajstić information content (AvgIpc) is 2.79. The second-order valence-electron chi connectivity index (χ2n) is 7.21. The molecule has 0 aliphatic heterocycles. The molecule has 0 atom stereocenters. The lowest BCUT2D eigenvalue weighted by Gasteiger charge is -2.26. The molecule has 2 N–H and O–H groups in total. The first-order valence-corrected chi connectivity index (χ1v) is 9.48. The SMILES string of the molecule is Cc1cc(NC(=O)C(C)(C)C(=O)NC2CCCCCC2)ccc1Br. The number of carbonyl (C=O) groups is 2. The van der Waals surface area contributed by atoms with Crippen molar-refractivity contribution in [2.75, 3.05) is 5.32 Å². The topological polar surface area (TPSA) is 58.2 Å². The predicted molar refractivity (Wildman–Crippen MR) is 101 cm³/mol. The Bertz CT molecular complexity index is 605. The first-order chi connectivity index (χ1) is 11.3. The fourth-order valence-electron chi connectivity index (χ4n) is 2.90. The van der Waals surface area contributed by atoms with Gasteiger partial charge in [-0.15, -0.1) is 0 Å². The van der Waals surface area contributed by atoms with Crippen molar-refractivity contribution in [3.63, 3.8) is 0 Å². The number of nitrogens with one attached hydrogen (secondary N) is 2. The van der Waals surface area contributed by atoms with E-state index in [0.717, 1.165) is 35.7 Å². The number of hydrogen-bond acceptors (Lipinski definition) is 2. The predicted octanol–water partition coefficient (Wildman–Crippen LogP) is 4.56. The molecule has 1 aliphatic rings. The van der Waals surface area contributed by atoms with Gasteiger partial charge in [-0.1, -0.05) is 41.6 Å². The van der Waals surface area contributed by atoms with E-state index >= 15 is 0 Å². The Balaban J connectivity index is 2.00. The molecule has 2 amide bonds. The fraction of sp³-hybridized carbons (Fsp3) is 0.579. The Morgan fingerprint density at radius 1 is 1.08 bits per heavy atom. The van der Waals surface area contributed by atoms with Crippen LogP contribution in [0, 0.1) is 12.3 Å². The van der Waals surface area contributed by atoms with Crippen LogP contribution in [0.1, 0.15) is 57.9 Å². The molecule has 1 aromatic carbocycles. The average molecular weight is 395 g/mol. The highest BCUT2D eigenvalue weighted by atomic mass is 79.9. The zero-order valence-electron chi connectivity index (χ0n) is 14.7. The minimum absolute atomic E-state index is 0.194. The summed E-state index contributed by atoms with van der Waals surface area (Å²) in [4.78, 5) is 25.2. The molecule has 1 fully saturated rings. The maximum Gasteiger partial charge on any atom is 0.239 e. The van der Waals surface area contributed by atoms with Crippen molar-refractivity contribution in [1.29, 1.82) is 0 Å². The molecular weight excluding hydrogens is 368 g/mol. The highest BCUT2D eigenvalue weighted by molar-refractivity contribution is 9.10. The number of aryl methyl sites for hydroxylation is 1. The molecular formula is C19H27BrN2O2. The van der Waals surface area contributed by atoms with Gasteiger partial charge in [0.05, 0.1) is 0 Å². The number of amides is 2. The van der Waals surface area contributed by atoms with Crippen LogP contribution >= 0.6 is 15.9 Å². The summed E-state index contributed by atoms with van der Waals surface area (Å²) in [6.07, 6.45) is 6.79. The standard InChI is InChI=1S/C19H27BrN2O2/c1-13-12-15(10-11-16(13)20)22-18(24)19(2,3)17(23)21-14-8-6-4-5-7-9-14/h10-12,14H,4-9H2,1-3H3,(H,21,23)(H,22,24). The van der Waals surface area contributed by atoms with Crippen LogP contribution in [-0.2, 0) is 9.59 Å². The third kappa shape index (κ3) is 4.82. The van der Waals surface area contributed by atoms with Crippen molar-refractivity contribution in [1.82, 2.24) is 5.32 Å². The largest absolute Gasteiger partial charge is 0.352 e. The number of carbonyl (C=O) groups excluding carboxylic acids is 2. The first kappa shape index (κ1) is 19.0. The Morgan fingerprint density at radius 2 is 1.71 bits per heavy atom. The van der Waals surface area contributed by atoms with Crippen LogP contribution in [0.3, 0.4) is 0 Å². The molecule has 1 saturated carbocycles. The van der Waals surface area contributed by atoms with E-state index in [2.05, 4.69) is 26.6 Å². The minimum Gasteiger partial charge on any atom is -0.352 e. The first-order valence-electron chi connectivity index (χ1n) is 8.69. The van der Waals surface area contributed by atoms with Crippen molar-refractivity contribution in [3.05, 3.63) is 28.2 Å². The van der Waals surface area contributed by atoms with Crippen LogP contribution in [0.5, 0.6) is 0 Å². The van der Waals surface area contributed by atoms with Gasteiger partial charge in [-0.2, -0.15) is 0 Å². The van der Waals surface area contributed by atoms with E-state index in [9.17, 15) is 9.59 Å². The second kappa shape index (κ2) is 8.15. The number of anilines is 1. The Morgan fingerprint density at radius 3 is 2.29 bits per heavy atom. The van der Waals surface area contributed by atoms with Crippen LogP contribution in [-0.4, -0.2) is 17.9 Å². The van der Waals surface area contributed by atoms with Crippen molar-refractivity contribution in [3.8, 4) is 0 Å². The van der Waals surface area contributed by atoms with Gasteiger partial charge in [0.25, 0.3) is 0 Å². The molecule has 4 nitrogen and oxygen atoms in total. The van der Waals surface area contributed by atoms with Crippen molar-refractivity contribution in [2.45, 2.75) is 65.3 Å². The molecule has 1 aromatic rings. The molecule has 2 rings (SSSR count). The van der Waals surface area contributed by atoms with Gasteiger partial charge in [-0.05, 0) is 57.4 Å². The zero-order chi connectivity index (χ0) is 17.7. The van der Waals surface area contributed by atoms with E-state index in [-0.39, 0.29) is 17.9 Å². The molecule has 0 spiro atoms. The molecule has 0 heterocycles. The minimum atomic E-state index is -1.10. The molecule has 0 bridgehead atoms. The summed E-state index contributed by atoms with van der Waals surface area (Å²) >= 11 is 3.44. The summed E-state index contributed by atoms with van der Waals surface area (Å²) < 4.78 is 0.992. The number of benzene rings is 1. The summed E-state index contributed by atoms with van der Waals surface area (Å²) in [7, 11) is 0. The van der Waals surface area contributed by atoms with Gasteiger partial charge in [-0.25, -0.2) is 0 Å². The zero-order valence-corrected chi connectivity index (χ0v) is 16.3. The van der Waals surface area contributed by atoms with E-state index in [0.29, 0.717) is 5.69 Å². The molecule has 132 valence electrons. The van der Waals surface area contributed by atoms with Gasteiger partial charge < -0.3 is 10.6 Å². The van der Waals surface area contributed by atoms with Gasteiger partial charge >= 0.3 is 0 Å². The highest BCUT2D eigenvalue weighted by Crippen LogP contribution is 2.24. The lowest BCUT2D eigenvalue weighted by molar-refractivity contribution is -0.138. The van der Waals surface area contributed by atoms with Crippen molar-refractivity contribution < 1.29 is 9.59 Å².